The van der Waals surface area contributed by atoms with Crippen LogP contribution in [0.4, 0.5) is 0 Å². The van der Waals surface area contributed by atoms with Crippen LogP contribution in [0.5, 0.6) is 0 Å². The molecule has 3 rings (SSSR count). The van der Waals surface area contributed by atoms with Gasteiger partial charge >= 0.3 is 0 Å². The SMILES string of the molecule is CCNC(=NCc1cccc(CN2CCOCC2)c1)NCCn1cccc1.I. The van der Waals surface area contributed by atoms with Crippen molar-refractivity contribution in [3.63, 3.8) is 0 Å². The number of rotatable bonds is 8. The predicted octanol–water partition coefficient (Wildman–Crippen LogP) is 2.69. The van der Waals surface area contributed by atoms with Gasteiger partial charge in [-0.3, -0.25) is 4.90 Å². The number of ether oxygens (including phenoxy) is 1. The Kier molecular flexibility index (Phi) is 10.4. The van der Waals surface area contributed by atoms with Crippen LogP contribution in [0.25, 0.3) is 0 Å². The summed E-state index contributed by atoms with van der Waals surface area (Å²) in [5, 5.41) is 6.73. The molecule has 154 valence electrons. The van der Waals surface area contributed by atoms with Gasteiger partial charge in [-0.25, -0.2) is 4.99 Å². The van der Waals surface area contributed by atoms with Crippen molar-refractivity contribution in [2.24, 2.45) is 4.99 Å². The Morgan fingerprint density at radius 1 is 1.07 bits per heavy atom. The Bertz CT molecular complexity index is 699. The quantitative estimate of drug-likeness (QED) is 0.335. The molecule has 1 aromatic heterocycles. The van der Waals surface area contributed by atoms with Gasteiger partial charge in [-0.1, -0.05) is 24.3 Å². The van der Waals surface area contributed by atoms with Gasteiger partial charge in [-0.2, -0.15) is 0 Å². The number of morpholine rings is 1. The highest BCUT2D eigenvalue weighted by Gasteiger charge is 2.10. The van der Waals surface area contributed by atoms with Crippen molar-refractivity contribution in [2.45, 2.75) is 26.6 Å². The molecule has 0 aliphatic carbocycles. The van der Waals surface area contributed by atoms with E-state index in [1.807, 2.05) is 12.1 Å². The fourth-order valence-electron chi connectivity index (χ4n) is 3.18. The van der Waals surface area contributed by atoms with Crippen molar-refractivity contribution in [1.29, 1.82) is 0 Å². The molecule has 0 unspecified atom stereocenters. The molecule has 1 saturated heterocycles. The maximum atomic E-state index is 5.43. The first kappa shape index (κ1) is 22.7. The largest absolute Gasteiger partial charge is 0.379 e. The highest BCUT2D eigenvalue weighted by Crippen LogP contribution is 2.11. The van der Waals surface area contributed by atoms with Crippen LogP contribution in [0.1, 0.15) is 18.1 Å². The highest BCUT2D eigenvalue weighted by atomic mass is 127. The molecule has 0 atom stereocenters. The number of aromatic nitrogens is 1. The second-order valence-electron chi connectivity index (χ2n) is 6.75. The molecule has 28 heavy (non-hydrogen) atoms. The zero-order chi connectivity index (χ0) is 18.7. The van der Waals surface area contributed by atoms with E-state index in [0.717, 1.165) is 58.4 Å². The summed E-state index contributed by atoms with van der Waals surface area (Å²) in [6, 6.07) is 12.8. The molecule has 0 spiro atoms. The van der Waals surface area contributed by atoms with E-state index < -0.39 is 0 Å². The highest BCUT2D eigenvalue weighted by molar-refractivity contribution is 14.0. The normalized spacial score (nSPS) is 15.1. The minimum Gasteiger partial charge on any atom is -0.379 e. The number of nitrogens with one attached hydrogen (secondary N) is 2. The molecular weight excluding hydrogens is 465 g/mol. The van der Waals surface area contributed by atoms with Crippen molar-refractivity contribution < 1.29 is 4.74 Å². The number of guanidine groups is 1. The lowest BCUT2D eigenvalue weighted by Gasteiger charge is -2.26. The van der Waals surface area contributed by atoms with Crippen molar-refractivity contribution >= 4 is 29.9 Å². The van der Waals surface area contributed by atoms with Gasteiger partial charge in [-0.05, 0) is 30.2 Å². The van der Waals surface area contributed by atoms with E-state index in [-0.39, 0.29) is 24.0 Å². The van der Waals surface area contributed by atoms with Gasteiger partial charge in [0.2, 0.25) is 0 Å². The van der Waals surface area contributed by atoms with Crippen molar-refractivity contribution in [3.05, 3.63) is 59.9 Å². The number of hydrogen-bond donors (Lipinski definition) is 2. The first-order valence-electron chi connectivity index (χ1n) is 9.84. The van der Waals surface area contributed by atoms with Gasteiger partial charge in [0, 0.05) is 51.7 Å². The van der Waals surface area contributed by atoms with Gasteiger partial charge in [0.25, 0.3) is 0 Å². The summed E-state index contributed by atoms with van der Waals surface area (Å²) in [4.78, 5) is 7.19. The molecule has 1 aliphatic rings. The fourth-order valence-corrected chi connectivity index (χ4v) is 3.18. The zero-order valence-electron chi connectivity index (χ0n) is 16.6. The molecule has 7 heteroatoms. The number of benzene rings is 1. The van der Waals surface area contributed by atoms with E-state index in [2.05, 4.69) is 63.7 Å². The third kappa shape index (κ3) is 7.81. The lowest BCUT2D eigenvalue weighted by Crippen LogP contribution is -2.38. The summed E-state index contributed by atoms with van der Waals surface area (Å²) in [7, 11) is 0. The lowest BCUT2D eigenvalue weighted by atomic mass is 10.1. The second kappa shape index (κ2) is 12.8. The molecule has 1 fully saturated rings. The molecule has 0 amide bonds. The van der Waals surface area contributed by atoms with Crippen molar-refractivity contribution in [2.75, 3.05) is 39.4 Å². The van der Waals surface area contributed by atoms with Crippen molar-refractivity contribution in [1.82, 2.24) is 20.1 Å². The summed E-state index contributed by atoms with van der Waals surface area (Å²) in [6.45, 7) is 10.1. The summed E-state index contributed by atoms with van der Waals surface area (Å²) in [5.74, 6) is 0.864. The Morgan fingerprint density at radius 2 is 1.82 bits per heavy atom. The molecule has 2 N–H and O–H groups in total. The molecule has 2 aromatic rings. The van der Waals surface area contributed by atoms with E-state index in [9.17, 15) is 0 Å². The number of nitrogens with zero attached hydrogens (tertiary/aromatic N) is 3. The third-order valence-electron chi connectivity index (χ3n) is 4.59. The Balaban J connectivity index is 0.00000280. The third-order valence-corrected chi connectivity index (χ3v) is 4.59. The van der Waals surface area contributed by atoms with E-state index in [1.165, 1.54) is 11.1 Å². The van der Waals surface area contributed by atoms with Gasteiger partial charge in [0.05, 0.1) is 19.8 Å². The predicted molar refractivity (Wildman–Crippen MR) is 125 cm³/mol. The van der Waals surface area contributed by atoms with E-state index in [4.69, 9.17) is 9.73 Å². The molecule has 1 aromatic carbocycles. The summed E-state index contributed by atoms with van der Waals surface area (Å²) in [5.41, 5.74) is 2.58. The van der Waals surface area contributed by atoms with Crippen LogP contribution in [0.3, 0.4) is 0 Å². The molecule has 1 aliphatic heterocycles. The lowest BCUT2D eigenvalue weighted by molar-refractivity contribution is 0.0342. The Morgan fingerprint density at radius 3 is 2.57 bits per heavy atom. The first-order chi connectivity index (χ1) is 13.3. The minimum absolute atomic E-state index is 0. The smallest absolute Gasteiger partial charge is 0.191 e. The first-order valence-corrected chi connectivity index (χ1v) is 9.84. The molecule has 0 bridgehead atoms. The van der Waals surface area contributed by atoms with Gasteiger partial charge in [0.1, 0.15) is 0 Å². The van der Waals surface area contributed by atoms with Gasteiger partial charge < -0.3 is 19.9 Å². The van der Waals surface area contributed by atoms with Crippen LogP contribution in [0.15, 0.2) is 53.8 Å². The number of hydrogen-bond acceptors (Lipinski definition) is 3. The maximum Gasteiger partial charge on any atom is 0.191 e. The van der Waals surface area contributed by atoms with E-state index >= 15 is 0 Å². The number of aliphatic imine (C=N–C) groups is 1. The van der Waals surface area contributed by atoms with Gasteiger partial charge in [0.15, 0.2) is 5.96 Å². The van der Waals surface area contributed by atoms with Crippen LogP contribution in [0, 0.1) is 0 Å². The topological polar surface area (TPSA) is 53.8 Å². The standard InChI is InChI=1S/C21H31N5O.HI/c1-2-22-21(23-8-11-25-9-3-4-10-25)24-17-19-6-5-7-20(16-19)18-26-12-14-27-15-13-26;/h3-7,9-10,16H,2,8,11-15,17-18H2,1H3,(H2,22,23,24);1H. The van der Waals surface area contributed by atoms with Crippen LogP contribution >= 0.6 is 24.0 Å². The van der Waals surface area contributed by atoms with Crippen LogP contribution in [-0.2, 0) is 24.4 Å². The summed E-state index contributed by atoms with van der Waals surface area (Å²) < 4.78 is 7.59. The average molecular weight is 497 g/mol. The van der Waals surface area contributed by atoms with Crippen LogP contribution in [-0.4, -0.2) is 54.8 Å². The molecular formula is C21H32IN5O. The van der Waals surface area contributed by atoms with Crippen LogP contribution in [0.2, 0.25) is 0 Å². The minimum atomic E-state index is 0. The zero-order valence-corrected chi connectivity index (χ0v) is 19.0. The summed E-state index contributed by atoms with van der Waals surface area (Å²) in [6.07, 6.45) is 4.15. The van der Waals surface area contributed by atoms with E-state index in [1.54, 1.807) is 0 Å². The maximum absolute atomic E-state index is 5.43. The molecule has 0 saturated carbocycles. The summed E-state index contributed by atoms with van der Waals surface area (Å²) >= 11 is 0. The van der Waals surface area contributed by atoms with Gasteiger partial charge in [-0.15, -0.1) is 24.0 Å². The van der Waals surface area contributed by atoms with Crippen LogP contribution < -0.4 is 10.6 Å². The second-order valence-corrected chi connectivity index (χ2v) is 6.75. The van der Waals surface area contributed by atoms with E-state index in [0.29, 0.717) is 6.54 Å². The Hall–Kier alpha value is -1.58. The molecule has 2 heterocycles. The monoisotopic (exact) mass is 497 g/mol. The number of halogens is 1. The van der Waals surface area contributed by atoms with Crippen molar-refractivity contribution in [3.8, 4) is 0 Å². The fraction of sp³-hybridized carbons (Fsp3) is 0.476. The average Bonchev–Trinajstić information content (AvgIpc) is 3.21. The Labute approximate surface area is 185 Å². The molecule has 0 radical (unpaired) electrons. The molecule has 6 nitrogen and oxygen atoms in total.